The molecule has 1 aromatic heterocycles. The van der Waals surface area contributed by atoms with Crippen LogP contribution in [0, 0.1) is 5.82 Å². The van der Waals surface area contributed by atoms with Crippen LogP contribution in [0.3, 0.4) is 0 Å². The van der Waals surface area contributed by atoms with E-state index in [1.165, 1.54) is 23.5 Å². The third-order valence-electron chi connectivity index (χ3n) is 5.86. The van der Waals surface area contributed by atoms with Gasteiger partial charge in [-0.25, -0.2) is 9.37 Å². The number of carbonyl (C=O) groups is 1. The van der Waals surface area contributed by atoms with Gasteiger partial charge >= 0.3 is 0 Å². The number of para-hydroxylation sites is 2. The summed E-state index contributed by atoms with van der Waals surface area (Å²) in [4.78, 5) is 22.6. The normalized spacial score (nSPS) is 13.8. The lowest BCUT2D eigenvalue weighted by Gasteiger charge is -2.28. The second-order valence-electron chi connectivity index (χ2n) is 8.28. The number of nitrogens with zero attached hydrogens (tertiary/aromatic N) is 3. The molecule has 2 heterocycles. The van der Waals surface area contributed by atoms with Crippen LogP contribution in [0.15, 0.2) is 72.8 Å². The molecule has 0 aliphatic carbocycles. The molecular formula is C27H27ClFN3O3S. The zero-order valence-electron chi connectivity index (χ0n) is 19.6. The Morgan fingerprint density at radius 2 is 1.81 bits per heavy atom. The summed E-state index contributed by atoms with van der Waals surface area (Å²) in [5, 5.41) is 0.548. The van der Waals surface area contributed by atoms with Crippen molar-refractivity contribution in [3.8, 4) is 11.5 Å². The SMILES string of the molecule is Cl.O=C(c1ccccc1Oc1ccccc1)N(CCCN1CCOCC1)c1nc2ccc(F)cc2s1. The molecule has 1 saturated heterocycles. The van der Waals surface area contributed by atoms with E-state index < -0.39 is 0 Å². The number of carbonyl (C=O) groups excluding carboxylic acids is 1. The number of ether oxygens (including phenoxy) is 2. The third kappa shape index (κ3) is 6.20. The van der Waals surface area contributed by atoms with Gasteiger partial charge in [0.2, 0.25) is 0 Å². The van der Waals surface area contributed by atoms with Crippen molar-refractivity contribution in [3.05, 3.63) is 84.2 Å². The van der Waals surface area contributed by atoms with Gasteiger partial charge in [0.25, 0.3) is 5.91 Å². The number of aromatic nitrogens is 1. The van der Waals surface area contributed by atoms with Crippen molar-refractivity contribution in [2.45, 2.75) is 6.42 Å². The lowest BCUT2D eigenvalue weighted by atomic mass is 10.1. The number of fused-ring (bicyclic) bond motifs is 1. The van der Waals surface area contributed by atoms with Gasteiger partial charge in [-0.3, -0.25) is 14.6 Å². The van der Waals surface area contributed by atoms with Gasteiger partial charge < -0.3 is 9.47 Å². The molecule has 0 saturated carbocycles. The van der Waals surface area contributed by atoms with E-state index in [2.05, 4.69) is 9.88 Å². The average molecular weight is 528 g/mol. The van der Waals surface area contributed by atoms with E-state index in [1.54, 1.807) is 23.1 Å². The molecule has 0 radical (unpaired) electrons. The molecule has 0 bridgehead atoms. The monoisotopic (exact) mass is 527 g/mol. The third-order valence-corrected chi connectivity index (χ3v) is 6.90. The molecule has 9 heteroatoms. The van der Waals surface area contributed by atoms with Crippen LogP contribution in [-0.2, 0) is 4.74 Å². The maximum Gasteiger partial charge on any atom is 0.263 e. The predicted molar refractivity (Wildman–Crippen MR) is 143 cm³/mol. The standard InChI is InChI=1S/C27H26FN3O3S.ClH/c28-20-11-12-23-25(19-20)35-27(29-23)31(14-6-13-30-15-17-33-18-16-30)26(32)22-9-4-5-10-24(22)34-21-7-2-1-3-8-21;/h1-5,7-12,19H,6,13-18H2;1H. The molecule has 1 aliphatic heterocycles. The highest BCUT2D eigenvalue weighted by atomic mass is 35.5. The van der Waals surface area contributed by atoms with E-state index in [9.17, 15) is 9.18 Å². The zero-order chi connectivity index (χ0) is 24.0. The van der Waals surface area contributed by atoms with Gasteiger partial charge in [0.1, 0.15) is 17.3 Å². The van der Waals surface area contributed by atoms with Crippen molar-refractivity contribution >= 4 is 45.0 Å². The molecule has 3 aromatic carbocycles. The number of thiazole rings is 1. The predicted octanol–water partition coefficient (Wildman–Crippen LogP) is 6.02. The Morgan fingerprint density at radius 3 is 2.61 bits per heavy atom. The van der Waals surface area contributed by atoms with Crippen LogP contribution < -0.4 is 9.64 Å². The minimum absolute atomic E-state index is 0. The first-order valence-corrected chi connectivity index (χ1v) is 12.5. The summed E-state index contributed by atoms with van der Waals surface area (Å²) in [5.74, 6) is 0.619. The fraction of sp³-hybridized carbons (Fsp3) is 0.259. The van der Waals surface area contributed by atoms with Crippen LogP contribution in [0.5, 0.6) is 11.5 Å². The lowest BCUT2D eigenvalue weighted by Crippen LogP contribution is -2.39. The Labute approximate surface area is 219 Å². The molecule has 1 aliphatic rings. The van der Waals surface area contributed by atoms with Gasteiger partial charge in [-0.05, 0) is 48.9 Å². The van der Waals surface area contributed by atoms with Crippen LogP contribution in [0.2, 0.25) is 0 Å². The first-order chi connectivity index (χ1) is 17.2. The summed E-state index contributed by atoms with van der Waals surface area (Å²) >= 11 is 1.32. The van der Waals surface area contributed by atoms with Crippen molar-refractivity contribution in [2.75, 3.05) is 44.3 Å². The van der Waals surface area contributed by atoms with Crippen molar-refractivity contribution in [2.24, 2.45) is 0 Å². The van der Waals surface area contributed by atoms with Crippen molar-refractivity contribution < 1.29 is 18.7 Å². The van der Waals surface area contributed by atoms with E-state index in [4.69, 9.17) is 9.47 Å². The summed E-state index contributed by atoms with van der Waals surface area (Å²) in [7, 11) is 0. The molecule has 188 valence electrons. The van der Waals surface area contributed by atoms with Gasteiger partial charge in [-0.1, -0.05) is 41.7 Å². The summed E-state index contributed by atoms with van der Waals surface area (Å²) in [6, 6.07) is 21.1. The number of anilines is 1. The fourth-order valence-electron chi connectivity index (χ4n) is 4.06. The molecule has 5 rings (SSSR count). The lowest BCUT2D eigenvalue weighted by molar-refractivity contribution is 0.0376. The van der Waals surface area contributed by atoms with Crippen molar-refractivity contribution in [1.82, 2.24) is 9.88 Å². The molecule has 0 unspecified atom stereocenters. The maximum atomic E-state index is 13.9. The van der Waals surface area contributed by atoms with Gasteiger partial charge in [0.15, 0.2) is 5.13 Å². The topological polar surface area (TPSA) is 54.9 Å². The molecule has 1 fully saturated rings. The van der Waals surface area contributed by atoms with E-state index in [-0.39, 0.29) is 24.1 Å². The highest BCUT2D eigenvalue weighted by Gasteiger charge is 2.24. The molecule has 0 spiro atoms. The highest BCUT2D eigenvalue weighted by Crippen LogP contribution is 2.33. The van der Waals surface area contributed by atoms with Crippen molar-refractivity contribution in [1.29, 1.82) is 0 Å². The Balaban J connectivity index is 0.00000304. The fourth-order valence-corrected chi connectivity index (χ4v) is 5.07. The number of morpholine rings is 1. The Kier molecular flexibility index (Phi) is 8.88. The van der Waals surface area contributed by atoms with E-state index in [0.29, 0.717) is 39.0 Å². The van der Waals surface area contributed by atoms with Crippen LogP contribution in [0.4, 0.5) is 9.52 Å². The molecule has 1 amide bonds. The summed E-state index contributed by atoms with van der Waals surface area (Å²) < 4.78 is 26.0. The summed E-state index contributed by atoms with van der Waals surface area (Å²) in [5.41, 5.74) is 1.12. The first kappa shape index (κ1) is 26.0. The minimum Gasteiger partial charge on any atom is -0.457 e. The molecule has 6 nitrogen and oxygen atoms in total. The van der Waals surface area contributed by atoms with Gasteiger partial charge in [-0.2, -0.15) is 0 Å². The smallest absolute Gasteiger partial charge is 0.263 e. The number of halogens is 2. The van der Waals surface area contributed by atoms with Gasteiger partial charge in [0, 0.05) is 26.2 Å². The first-order valence-electron chi connectivity index (χ1n) is 11.7. The van der Waals surface area contributed by atoms with Gasteiger partial charge in [0.05, 0.1) is 29.0 Å². The van der Waals surface area contributed by atoms with Crippen LogP contribution in [-0.4, -0.2) is 55.2 Å². The Hall–Kier alpha value is -3.04. The van der Waals surface area contributed by atoms with E-state index in [0.717, 1.165) is 39.3 Å². The number of benzene rings is 3. The van der Waals surface area contributed by atoms with Crippen LogP contribution in [0.25, 0.3) is 10.2 Å². The molecule has 0 atom stereocenters. The molecule has 36 heavy (non-hydrogen) atoms. The Bertz CT molecular complexity index is 1300. The number of amides is 1. The molecule has 0 N–H and O–H groups in total. The largest absolute Gasteiger partial charge is 0.457 e. The summed E-state index contributed by atoms with van der Waals surface area (Å²) in [6.07, 6.45) is 0.776. The Morgan fingerprint density at radius 1 is 1.06 bits per heavy atom. The maximum absolute atomic E-state index is 13.9. The number of hydrogen-bond donors (Lipinski definition) is 0. The number of hydrogen-bond acceptors (Lipinski definition) is 6. The zero-order valence-corrected chi connectivity index (χ0v) is 21.3. The second-order valence-corrected chi connectivity index (χ2v) is 9.29. The van der Waals surface area contributed by atoms with E-state index >= 15 is 0 Å². The average Bonchev–Trinajstić information content (AvgIpc) is 3.30. The van der Waals surface area contributed by atoms with E-state index in [1.807, 2.05) is 42.5 Å². The molecular weight excluding hydrogens is 501 g/mol. The van der Waals surface area contributed by atoms with Crippen molar-refractivity contribution in [3.63, 3.8) is 0 Å². The molecule has 4 aromatic rings. The minimum atomic E-state index is -0.320. The van der Waals surface area contributed by atoms with Crippen LogP contribution >= 0.6 is 23.7 Å². The second kappa shape index (κ2) is 12.3. The number of rotatable bonds is 8. The quantitative estimate of drug-likeness (QED) is 0.280. The summed E-state index contributed by atoms with van der Waals surface area (Å²) in [6.45, 7) is 4.59. The highest BCUT2D eigenvalue weighted by molar-refractivity contribution is 7.22. The van der Waals surface area contributed by atoms with Crippen LogP contribution in [0.1, 0.15) is 16.8 Å². The van der Waals surface area contributed by atoms with Gasteiger partial charge in [-0.15, -0.1) is 12.4 Å².